The van der Waals surface area contributed by atoms with Gasteiger partial charge in [0.05, 0.1) is 39.9 Å². The minimum atomic E-state index is -4.33. The summed E-state index contributed by atoms with van der Waals surface area (Å²) in [4.78, 5) is 23.0. The van der Waals surface area contributed by atoms with E-state index in [0.29, 0.717) is 17.4 Å². The van der Waals surface area contributed by atoms with E-state index in [-0.39, 0.29) is 19.1 Å². The highest BCUT2D eigenvalue weighted by Gasteiger charge is 2.27. The number of allylic oxidation sites excluding steroid dienone is 9. The Morgan fingerprint density at radius 2 is 0.984 bits per heavy atom. The first kappa shape index (κ1) is 59.2. The Kier molecular flexibility index (Phi) is 42.2. The third-order valence-corrected chi connectivity index (χ3v) is 12.0. The van der Waals surface area contributed by atoms with Gasteiger partial charge in [0, 0.05) is 6.42 Å². The molecule has 3 atom stereocenters. The van der Waals surface area contributed by atoms with E-state index in [0.717, 1.165) is 70.6 Å². The smallest absolute Gasteiger partial charge is 0.387 e. The van der Waals surface area contributed by atoms with E-state index in [2.05, 4.69) is 67.8 Å². The van der Waals surface area contributed by atoms with Crippen molar-refractivity contribution in [3.63, 3.8) is 0 Å². The summed E-state index contributed by atoms with van der Waals surface area (Å²) >= 11 is 0. The molecule has 0 spiro atoms. The van der Waals surface area contributed by atoms with E-state index < -0.39 is 20.0 Å². The van der Waals surface area contributed by atoms with Gasteiger partial charge in [-0.1, -0.05) is 209 Å². The normalized spacial score (nSPS) is 14.7. The lowest BCUT2D eigenvalue weighted by Crippen LogP contribution is -2.45. The van der Waals surface area contributed by atoms with Crippen molar-refractivity contribution < 1.29 is 32.9 Å². The summed E-state index contributed by atoms with van der Waals surface area (Å²) in [6, 6.07) is -0.842. The Morgan fingerprint density at radius 1 is 0.574 bits per heavy atom. The number of unbranched alkanes of at least 4 members (excludes halogenated alkanes) is 24. The van der Waals surface area contributed by atoms with Gasteiger partial charge in [-0.05, 0) is 57.8 Å². The number of amides is 1. The molecule has 0 bridgehead atoms. The first-order valence-electron chi connectivity index (χ1n) is 25.2. The van der Waals surface area contributed by atoms with Crippen molar-refractivity contribution in [2.45, 2.75) is 225 Å². The second-order valence-electron chi connectivity index (χ2n) is 18.2. The number of phosphoric acid groups is 1. The second kappa shape index (κ2) is 43.5. The van der Waals surface area contributed by atoms with Crippen LogP contribution in [0, 0.1) is 0 Å². The Bertz CT molecular complexity index is 1180. The fourth-order valence-corrected chi connectivity index (χ4v) is 7.77. The van der Waals surface area contributed by atoms with Crippen LogP contribution in [0.1, 0.15) is 213 Å². The predicted octanol–water partition coefficient (Wildman–Crippen LogP) is 14.6. The van der Waals surface area contributed by atoms with Crippen LogP contribution in [0.15, 0.2) is 60.8 Å². The van der Waals surface area contributed by atoms with Crippen LogP contribution in [0.5, 0.6) is 0 Å². The molecule has 356 valence electrons. The fraction of sp³-hybridized carbons (Fsp3) is 0.788. The number of hydrogen-bond donors (Lipinski definition) is 3. The summed E-state index contributed by atoms with van der Waals surface area (Å²) in [5, 5.41) is 13.7. The molecule has 0 aromatic rings. The number of carbonyl (C=O) groups excluding carboxylic acids is 1. The molecule has 0 aromatic heterocycles. The number of hydrogen-bond acceptors (Lipinski definition) is 5. The van der Waals surface area contributed by atoms with Gasteiger partial charge in [-0.3, -0.25) is 13.8 Å². The second-order valence-corrected chi connectivity index (χ2v) is 19.6. The predicted molar refractivity (Wildman–Crippen MR) is 263 cm³/mol. The van der Waals surface area contributed by atoms with Crippen molar-refractivity contribution in [1.29, 1.82) is 0 Å². The molecule has 0 fully saturated rings. The van der Waals surface area contributed by atoms with E-state index in [1.807, 2.05) is 27.2 Å². The van der Waals surface area contributed by atoms with Crippen molar-refractivity contribution in [2.75, 3.05) is 40.9 Å². The van der Waals surface area contributed by atoms with Crippen LogP contribution >= 0.6 is 7.82 Å². The monoisotopic (exact) mass is 878 g/mol. The third kappa shape index (κ3) is 46.0. The van der Waals surface area contributed by atoms with Crippen LogP contribution in [0.25, 0.3) is 0 Å². The van der Waals surface area contributed by atoms with Crippen molar-refractivity contribution in [3.8, 4) is 0 Å². The quantitative estimate of drug-likeness (QED) is 0.0244. The highest BCUT2D eigenvalue weighted by Crippen LogP contribution is 2.43. The van der Waals surface area contributed by atoms with Gasteiger partial charge in [-0.25, -0.2) is 4.57 Å². The zero-order chi connectivity index (χ0) is 45.0. The molecule has 0 aliphatic rings. The number of likely N-dealkylation sites (N-methyl/N-ethyl adjacent to an activating group) is 1. The SMILES string of the molecule is CC/C=C\C/C=C\C/C=C\C/C=C\CCCCCCCCCCCCCCCCCCCCCCC(=O)NC(COP(=O)(O)OCC[N+](C)(C)C)C(O)/C=C/CCCCCC. The molecule has 0 aromatic carbocycles. The number of phosphoric ester groups is 1. The van der Waals surface area contributed by atoms with Crippen LogP contribution in [-0.4, -0.2) is 73.4 Å². The average molecular weight is 878 g/mol. The summed E-state index contributed by atoms with van der Waals surface area (Å²) < 4.78 is 23.4. The van der Waals surface area contributed by atoms with Gasteiger partial charge in [0.1, 0.15) is 13.2 Å². The maximum Gasteiger partial charge on any atom is 0.472 e. The molecular weight excluding hydrogens is 780 g/mol. The Hall–Kier alpha value is -1.80. The van der Waals surface area contributed by atoms with Crippen LogP contribution in [0.3, 0.4) is 0 Å². The Balaban J connectivity index is 3.85. The van der Waals surface area contributed by atoms with E-state index >= 15 is 0 Å². The third-order valence-electron chi connectivity index (χ3n) is 11.0. The zero-order valence-electron chi connectivity index (χ0n) is 40.4. The molecule has 0 heterocycles. The van der Waals surface area contributed by atoms with Gasteiger partial charge in [-0.2, -0.15) is 0 Å². The van der Waals surface area contributed by atoms with Crippen LogP contribution < -0.4 is 5.32 Å². The molecule has 3 N–H and O–H groups in total. The van der Waals surface area contributed by atoms with Gasteiger partial charge in [-0.15, -0.1) is 0 Å². The molecule has 3 unspecified atom stereocenters. The number of quaternary nitrogens is 1. The van der Waals surface area contributed by atoms with E-state index in [4.69, 9.17) is 9.05 Å². The maximum absolute atomic E-state index is 12.8. The topological polar surface area (TPSA) is 105 Å². The first-order valence-corrected chi connectivity index (χ1v) is 26.7. The molecule has 9 heteroatoms. The van der Waals surface area contributed by atoms with Crippen molar-refractivity contribution in [1.82, 2.24) is 5.32 Å². The summed E-state index contributed by atoms with van der Waals surface area (Å²) in [5.74, 6) is -0.182. The molecule has 61 heavy (non-hydrogen) atoms. The molecule has 8 nitrogen and oxygen atoms in total. The minimum Gasteiger partial charge on any atom is -0.387 e. The fourth-order valence-electron chi connectivity index (χ4n) is 7.03. The van der Waals surface area contributed by atoms with Gasteiger partial charge < -0.3 is 19.8 Å². The van der Waals surface area contributed by atoms with E-state index in [1.54, 1.807) is 6.08 Å². The highest BCUT2D eigenvalue weighted by atomic mass is 31.2. The molecule has 0 saturated heterocycles. The molecule has 0 aliphatic carbocycles. The van der Waals surface area contributed by atoms with Crippen molar-refractivity contribution in [3.05, 3.63) is 60.8 Å². The van der Waals surface area contributed by atoms with Crippen LogP contribution in [-0.2, 0) is 18.4 Å². The summed E-state index contributed by atoms with van der Waals surface area (Å²) in [6.07, 6.45) is 57.9. The average Bonchev–Trinajstić information content (AvgIpc) is 3.21. The Labute approximate surface area is 377 Å². The van der Waals surface area contributed by atoms with Crippen LogP contribution in [0.4, 0.5) is 0 Å². The molecule has 1 amide bonds. The lowest BCUT2D eigenvalue weighted by atomic mass is 10.0. The molecular formula is C52H98N2O6P+. The van der Waals surface area contributed by atoms with Gasteiger partial charge in [0.25, 0.3) is 0 Å². The minimum absolute atomic E-state index is 0.0606. The first-order chi connectivity index (χ1) is 29.5. The summed E-state index contributed by atoms with van der Waals surface area (Å²) in [6.45, 7) is 4.62. The molecule has 0 radical (unpaired) electrons. The highest BCUT2D eigenvalue weighted by molar-refractivity contribution is 7.47. The number of nitrogens with zero attached hydrogens (tertiary/aromatic N) is 1. The number of aliphatic hydroxyl groups excluding tert-OH is 1. The largest absolute Gasteiger partial charge is 0.472 e. The van der Waals surface area contributed by atoms with E-state index in [1.165, 1.54) is 122 Å². The van der Waals surface area contributed by atoms with Crippen molar-refractivity contribution in [2.24, 2.45) is 0 Å². The number of nitrogens with one attached hydrogen (secondary N) is 1. The summed E-state index contributed by atoms with van der Waals surface area (Å²) in [5.41, 5.74) is 0. The zero-order valence-corrected chi connectivity index (χ0v) is 41.3. The van der Waals surface area contributed by atoms with Crippen LogP contribution in [0.2, 0.25) is 0 Å². The molecule has 0 saturated carbocycles. The number of aliphatic hydroxyl groups is 1. The number of carbonyl (C=O) groups is 1. The van der Waals surface area contributed by atoms with E-state index in [9.17, 15) is 19.4 Å². The standard InChI is InChI=1S/C52H97N2O6P/c1-6-8-10-12-14-15-16-17-18-19-20-21-22-23-24-25-26-27-28-29-30-31-32-33-34-35-36-37-38-39-40-42-44-46-52(56)53-50(51(55)45-43-41-13-11-9-7-2)49-60-61(57,58)59-48-47-54(3,4)5/h8,10,14-15,17-18,20-21,43,45,50-51,55H,6-7,9,11-13,16,19,22-42,44,46-49H2,1-5H3,(H-,53,56,57,58)/p+1/b10-8-,15-14-,18-17-,21-20-,45-43+. The van der Waals surface area contributed by atoms with Gasteiger partial charge >= 0.3 is 7.82 Å². The number of rotatable bonds is 45. The lowest BCUT2D eigenvalue weighted by Gasteiger charge is -2.25. The lowest BCUT2D eigenvalue weighted by molar-refractivity contribution is -0.870. The summed E-state index contributed by atoms with van der Waals surface area (Å²) in [7, 11) is 1.57. The molecule has 0 rings (SSSR count). The maximum atomic E-state index is 12.8. The van der Waals surface area contributed by atoms with Gasteiger partial charge in [0.2, 0.25) is 5.91 Å². The van der Waals surface area contributed by atoms with Gasteiger partial charge in [0.15, 0.2) is 0 Å². The van der Waals surface area contributed by atoms with Crippen molar-refractivity contribution >= 4 is 13.7 Å². The Morgan fingerprint density at radius 3 is 1.44 bits per heavy atom. The molecule has 0 aliphatic heterocycles.